The topological polar surface area (TPSA) is 333 Å². The zero-order valence-corrected chi connectivity index (χ0v) is 63.1. The predicted molar refractivity (Wildman–Crippen MR) is 424 cm³/mol. The fraction of sp³-hybridized carbons (Fsp3) is 0.250. The Balaban J connectivity index is 0.000000137. The van der Waals surface area contributed by atoms with E-state index in [0.29, 0.717) is 51.4 Å². The van der Waals surface area contributed by atoms with Crippen LogP contribution in [0.2, 0.25) is 15.5 Å². The maximum atomic E-state index is 13.5. The van der Waals surface area contributed by atoms with E-state index in [2.05, 4.69) is 45.9 Å². The van der Waals surface area contributed by atoms with Gasteiger partial charge in [-0.1, -0.05) is 85.0 Å². The van der Waals surface area contributed by atoms with Crippen molar-refractivity contribution in [1.82, 2.24) is 43.6 Å². The number of carbonyl (C=O) groups excluding carboxylic acids is 6. The maximum absolute atomic E-state index is 13.5. The first-order chi connectivity index (χ1) is 54.0. The van der Waals surface area contributed by atoms with Gasteiger partial charge in [-0.2, -0.15) is 0 Å². The second kappa shape index (κ2) is 32.8. The van der Waals surface area contributed by atoms with E-state index in [9.17, 15) is 33.9 Å². The Kier molecular flexibility index (Phi) is 22.3. The molecule has 2 aliphatic heterocycles. The van der Waals surface area contributed by atoms with E-state index < -0.39 is 5.91 Å². The number of ether oxygens (including phenoxy) is 5. The Morgan fingerprint density at radius 1 is 0.514 bits per heavy atom. The molecule has 0 unspecified atom stereocenters. The van der Waals surface area contributed by atoms with Crippen LogP contribution in [0, 0.1) is 17.8 Å². The van der Waals surface area contributed by atoms with E-state index in [4.69, 9.17) is 64.2 Å². The molecule has 28 nitrogen and oxygen atoms in total. The van der Waals surface area contributed by atoms with Crippen molar-refractivity contribution in [2.45, 2.75) is 52.4 Å². The van der Waals surface area contributed by atoms with Crippen LogP contribution >= 0.6 is 34.8 Å². The predicted octanol–water partition coefficient (Wildman–Crippen LogP) is 13.6. The molecule has 3 fully saturated rings. The van der Waals surface area contributed by atoms with Crippen molar-refractivity contribution in [1.29, 1.82) is 0 Å². The lowest BCUT2D eigenvalue weighted by Crippen LogP contribution is -2.34. The van der Waals surface area contributed by atoms with Crippen LogP contribution in [0.3, 0.4) is 0 Å². The van der Waals surface area contributed by atoms with E-state index in [-0.39, 0.29) is 136 Å². The number of nitrogens with two attached hydrogens (primary N) is 1. The van der Waals surface area contributed by atoms with Gasteiger partial charge in [-0.05, 0) is 130 Å². The average molecular weight is 1560 g/mol. The maximum Gasteiger partial charge on any atom is 0.267 e. The van der Waals surface area contributed by atoms with E-state index in [1.807, 2.05) is 161 Å². The molecular formula is C80H75Cl3N16O12. The molecule has 3 saturated carbocycles. The number of nitrogens with zero attached hydrogens (tertiary/aromatic N) is 12. The molecule has 12 aromatic rings. The lowest BCUT2D eigenvalue weighted by atomic mass is 10.1. The second-order valence-corrected chi connectivity index (χ2v) is 27.1. The summed E-state index contributed by atoms with van der Waals surface area (Å²) in [7, 11) is 4.84. The Morgan fingerprint density at radius 2 is 0.892 bits per heavy atom. The van der Waals surface area contributed by atoms with Crippen molar-refractivity contribution in [3.05, 3.63) is 197 Å². The molecule has 17 rings (SSSR count). The first-order valence-electron chi connectivity index (χ1n) is 35.9. The molecule has 111 heavy (non-hydrogen) atoms. The summed E-state index contributed by atoms with van der Waals surface area (Å²) in [5.74, 6) is 0.970. The van der Waals surface area contributed by atoms with Gasteiger partial charge in [-0.15, -0.1) is 0 Å². The fourth-order valence-electron chi connectivity index (χ4n) is 13.2. The third-order valence-corrected chi connectivity index (χ3v) is 19.9. The highest BCUT2D eigenvalue weighted by Crippen LogP contribution is 2.43. The van der Waals surface area contributed by atoms with Gasteiger partial charge in [0.25, 0.3) is 17.7 Å². The molecular weight excluding hydrogens is 1480 g/mol. The molecule has 568 valence electrons. The summed E-state index contributed by atoms with van der Waals surface area (Å²) < 4.78 is 34.0. The van der Waals surface area contributed by atoms with Crippen LogP contribution in [0.15, 0.2) is 165 Å². The number of nitrogen functional groups attached to an aromatic ring is 1. The molecule has 0 spiro atoms. The van der Waals surface area contributed by atoms with Crippen molar-refractivity contribution in [2.24, 2.45) is 17.8 Å². The van der Waals surface area contributed by atoms with Crippen LogP contribution in [-0.4, -0.2) is 145 Å². The first kappa shape index (κ1) is 75.4. The minimum Gasteiger partial charge on any atom is -0.495 e. The third-order valence-electron chi connectivity index (χ3n) is 19.1. The van der Waals surface area contributed by atoms with Crippen molar-refractivity contribution in [3.8, 4) is 46.1 Å². The van der Waals surface area contributed by atoms with E-state index in [0.717, 1.165) is 94.6 Å². The molecule has 5 aliphatic rings. The normalized spacial score (nSPS) is 14.3. The summed E-state index contributed by atoms with van der Waals surface area (Å²) in [6.07, 6.45) is 14.6. The van der Waals surface area contributed by atoms with E-state index in [1.54, 1.807) is 43.3 Å². The SMILES string of the molecule is CC.COc1ccccc1-n1ccc2cc(N(CCO)C(=O)c3c(Cl)ncnc3Cl)cc(NC(=O)C3CC3)c21.COc1ccccc1-n1ccc2cc(N3CCOc4ncnc(Cl)c4C3=O)cc(NC(=O)C3CC3)c21.COc1ccccc1-n1ccc2cc(N3CCOc4ncnc(N)c4C3=O)cc(NC(=O)C3CC3)c21. The minimum absolute atomic E-state index is 0.00873. The van der Waals surface area contributed by atoms with Gasteiger partial charge in [-0.3, -0.25) is 28.8 Å². The van der Waals surface area contributed by atoms with Crippen molar-refractivity contribution < 1.29 is 57.6 Å². The minimum atomic E-state index is -0.576. The number of aromatic nitrogens is 9. The summed E-state index contributed by atoms with van der Waals surface area (Å²) in [5.41, 5.74) is 14.4. The molecule has 3 aliphatic carbocycles. The van der Waals surface area contributed by atoms with Crippen LogP contribution in [0.5, 0.6) is 29.0 Å². The van der Waals surface area contributed by atoms with E-state index >= 15 is 0 Å². The number of hydrogen-bond acceptors (Lipinski definition) is 19. The van der Waals surface area contributed by atoms with Crippen molar-refractivity contribution >= 4 is 143 Å². The number of amides is 6. The zero-order chi connectivity index (χ0) is 77.7. The lowest BCUT2D eigenvalue weighted by molar-refractivity contribution is -0.118. The zero-order valence-electron chi connectivity index (χ0n) is 60.8. The smallest absolute Gasteiger partial charge is 0.267 e. The number of nitrogens with one attached hydrogen (secondary N) is 3. The van der Waals surface area contributed by atoms with Crippen LogP contribution in [-0.2, 0) is 14.4 Å². The number of rotatable bonds is 18. The number of carbonyl (C=O) groups is 6. The van der Waals surface area contributed by atoms with Crippen LogP contribution in [0.25, 0.3) is 49.8 Å². The van der Waals surface area contributed by atoms with Crippen molar-refractivity contribution in [2.75, 3.05) is 97.2 Å². The average Bonchev–Trinajstić information content (AvgIpc) is 1.63. The summed E-state index contributed by atoms with van der Waals surface area (Å²) >= 11 is 18.6. The highest BCUT2D eigenvalue weighted by Gasteiger charge is 2.37. The Bertz CT molecular complexity index is 5360. The monoisotopic (exact) mass is 1560 g/mol. The highest BCUT2D eigenvalue weighted by molar-refractivity contribution is 6.39. The summed E-state index contributed by atoms with van der Waals surface area (Å²) in [6, 6.07) is 39.6. The number of fused-ring (bicyclic) bond motifs is 5. The van der Waals surface area contributed by atoms with Gasteiger partial charge in [0.05, 0.1) is 91.7 Å². The Hall–Kier alpha value is -12.4. The number of para-hydroxylation sites is 6. The summed E-state index contributed by atoms with van der Waals surface area (Å²) in [4.78, 5) is 107. The molecule has 6 N–H and O–H groups in total. The number of aliphatic hydroxyl groups excluding tert-OH is 1. The summed E-state index contributed by atoms with van der Waals surface area (Å²) in [6.45, 7) is 4.66. The number of hydrogen-bond donors (Lipinski definition) is 5. The first-order valence-corrected chi connectivity index (χ1v) is 37.0. The highest BCUT2D eigenvalue weighted by atomic mass is 35.5. The number of methoxy groups -OCH3 is 3. The van der Waals surface area contributed by atoms with Gasteiger partial charge >= 0.3 is 0 Å². The Morgan fingerprint density at radius 3 is 1.32 bits per heavy atom. The lowest BCUT2D eigenvalue weighted by Gasteiger charge is -2.24. The van der Waals surface area contributed by atoms with Crippen LogP contribution < -0.4 is 60.1 Å². The van der Waals surface area contributed by atoms with Crippen LogP contribution in [0.4, 0.5) is 39.9 Å². The Labute approximate surface area is 650 Å². The molecule has 0 bridgehead atoms. The molecule has 0 radical (unpaired) electrons. The number of halogens is 3. The van der Waals surface area contributed by atoms with Gasteiger partial charge in [0.2, 0.25) is 29.5 Å². The number of benzene rings is 6. The second-order valence-electron chi connectivity index (χ2n) is 26.1. The summed E-state index contributed by atoms with van der Waals surface area (Å²) in [5, 5.41) is 21.3. The number of aliphatic hydroxyl groups is 1. The quantitative estimate of drug-likeness (QED) is 0.0498. The molecule has 8 heterocycles. The molecule has 6 amide bonds. The molecule has 0 atom stereocenters. The molecule has 31 heteroatoms. The number of anilines is 7. The molecule has 0 saturated heterocycles. The fourth-order valence-corrected chi connectivity index (χ4v) is 13.9. The van der Waals surface area contributed by atoms with Gasteiger partial charge in [0, 0.05) is 76.1 Å². The van der Waals surface area contributed by atoms with Crippen molar-refractivity contribution in [3.63, 3.8) is 0 Å². The molecule has 6 aromatic heterocycles. The van der Waals surface area contributed by atoms with E-state index in [1.165, 1.54) is 17.6 Å². The third kappa shape index (κ3) is 15.5. The van der Waals surface area contributed by atoms with Gasteiger partial charge in [-0.25, -0.2) is 29.9 Å². The van der Waals surface area contributed by atoms with Gasteiger partial charge in [0.1, 0.15) is 87.4 Å². The van der Waals surface area contributed by atoms with Gasteiger partial charge < -0.3 is 78.9 Å². The standard InChI is InChI=1S/C26H23Cl2N5O4.C26H22ClN5O4.C26H24N6O4.C2H6/c1-37-20-5-3-2-4-19(20)33-9-8-16-12-17(13-18(22(16)33)31-25(35)15-6-7-15)32(10-11-34)26(36)21-23(27)29-14-30-24(21)28;2*1-35-20-5-3-2-4-19(20)32-9-8-16-12-17(13-18(22(16)32)30-24(33)15-6-7-15)31-10-11-36-25-21(26(31)34)23(27)28-14-29-25;1-2/h2-5,8-9,12-15,34H,6-7,10-11H2,1H3,(H,31,35);2-5,8-9,12-15H,6-7,10-11H2,1H3,(H,30,33);2-5,8-9,12-15H,6-7,10-11H2,1H3,(H,30,33)(H2,27,28,29);1-2H3. The molecule has 6 aromatic carbocycles. The van der Waals surface area contributed by atoms with Gasteiger partial charge in [0.15, 0.2) is 0 Å². The largest absolute Gasteiger partial charge is 0.495 e. The van der Waals surface area contributed by atoms with Crippen LogP contribution in [0.1, 0.15) is 83.4 Å².